The van der Waals surface area contributed by atoms with Crippen LogP contribution in [0.5, 0.6) is 0 Å². The predicted octanol–water partition coefficient (Wildman–Crippen LogP) is 0.0112. The summed E-state index contributed by atoms with van der Waals surface area (Å²) in [5, 5.41) is 13.8. The fraction of sp³-hybridized carbons (Fsp3) is 0.438. The highest BCUT2D eigenvalue weighted by Gasteiger charge is 2.28. The van der Waals surface area contributed by atoms with E-state index in [1.54, 1.807) is 29.2 Å². The van der Waals surface area contributed by atoms with Crippen molar-refractivity contribution in [3.8, 4) is 5.69 Å². The molecule has 1 fully saturated rings. The van der Waals surface area contributed by atoms with Crippen LogP contribution >= 0.6 is 12.4 Å². The van der Waals surface area contributed by atoms with Gasteiger partial charge in [0.25, 0.3) is 5.91 Å². The molecule has 9 nitrogen and oxygen atoms in total. The standard InChI is InChI=1S/C16H21N7O2.ClH/c17-7-8-18-15(24)13-2-1-9-22(10-13)16(25)12-3-5-14(6-4-12)23-11-19-20-21-23;/h3-6,11,13H,1-2,7-10,17H2,(H,18,24);1H. The van der Waals surface area contributed by atoms with E-state index in [1.165, 1.54) is 11.0 Å². The van der Waals surface area contributed by atoms with Crippen molar-refractivity contribution in [2.24, 2.45) is 11.7 Å². The number of carbonyl (C=O) groups is 2. The molecule has 2 aromatic rings. The van der Waals surface area contributed by atoms with Gasteiger partial charge in [0.05, 0.1) is 11.6 Å². The molecule has 2 amide bonds. The first-order valence-corrected chi connectivity index (χ1v) is 8.29. The van der Waals surface area contributed by atoms with Gasteiger partial charge in [-0.05, 0) is 47.5 Å². The summed E-state index contributed by atoms with van der Waals surface area (Å²) in [6.45, 7) is 1.97. The monoisotopic (exact) mass is 379 g/mol. The number of nitrogens with two attached hydrogens (primary N) is 1. The lowest BCUT2D eigenvalue weighted by Crippen LogP contribution is -2.46. The van der Waals surface area contributed by atoms with Crippen LogP contribution in [0.2, 0.25) is 0 Å². The van der Waals surface area contributed by atoms with Crippen molar-refractivity contribution >= 4 is 24.2 Å². The third-order valence-corrected chi connectivity index (χ3v) is 4.25. The van der Waals surface area contributed by atoms with Crippen LogP contribution in [0.25, 0.3) is 5.69 Å². The third-order valence-electron chi connectivity index (χ3n) is 4.25. The zero-order valence-electron chi connectivity index (χ0n) is 14.2. The van der Waals surface area contributed by atoms with Gasteiger partial charge in [-0.2, -0.15) is 0 Å². The van der Waals surface area contributed by atoms with E-state index in [0.717, 1.165) is 18.5 Å². The lowest BCUT2D eigenvalue weighted by Gasteiger charge is -2.32. The zero-order chi connectivity index (χ0) is 17.6. The minimum atomic E-state index is -0.176. The molecule has 2 heterocycles. The molecule has 1 atom stereocenters. The largest absolute Gasteiger partial charge is 0.355 e. The highest BCUT2D eigenvalue weighted by Crippen LogP contribution is 2.19. The second-order valence-electron chi connectivity index (χ2n) is 5.97. The molecule has 1 aliphatic rings. The normalized spacial score (nSPS) is 16.7. The molecule has 1 unspecified atom stereocenters. The molecule has 1 saturated heterocycles. The van der Waals surface area contributed by atoms with Gasteiger partial charge in [-0.15, -0.1) is 17.5 Å². The summed E-state index contributed by atoms with van der Waals surface area (Å²) in [7, 11) is 0. The Bertz CT molecular complexity index is 721. The summed E-state index contributed by atoms with van der Waals surface area (Å²) in [6.07, 6.45) is 3.10. The number of hydrogen-bond donors (Lipinski definition) is 2. The summed E-state index contributed by atoms with van der Waals surface area (Å²) >= 11 is 0. The number of amides is 2. The lowest BCUT2D eigenvalue weighted by atomic mass is 9.96. The Morgan fingerprint density at radius 1 is 1.27 bits per heavy atom. The minimum absolute atomic E-state index is 0. The van der Waals surface area contributed by atoms with Gasteiger partial charge in [-0.25, -0.2) is 4.68 Å². The highest BCUT2D eigenvalue weighted by molar-refractivity contribution is 5.95. The van der Waals surface area contributed by atoms with Crippen molar-refractivity contribution in [3.05, 3.63) is 36.2 Å². The summed E-state index contributed by atoms with van der Waals surface area (Å²) in [6, 6.07) is 7.08. The molecule has 140 valence electrons. The number of likely N-dealkylation sites (tertiary alicyclic amines) is 1. The predicted molar refractivity (Wildman–Crippen MR) is 97.1 cm³/mol. The van der Waals surface area contributed by atoms with E-state index in [-0.39, 0.29) is 30.1 Å². The molecule has 0 spiro atoms. The maximum atomic E-state index is 12.7. The number of carbonyl (C=O) groups excluding carboxylic acids is 2. The molecule has 1 aromatic carbocycles. The van der Waals surface area contributed by atoms with E-state index in [0.29, 0.717) is 31.7 Å². The van der Waals surface area contributed by atoms with Crippen molar-refractivity contribution in [1.82, 2.24) is 30.4 Å². The summed E-state index contributed by atoms with van der Waals surface area (Å²) < 4.78 is 1.52. The van der Waals surface area contributed by atoms with Crippen LogP contribution in [0, 0.1) is 5.92 Å². The van der Waals surface area contributed by atoms with Crippen LogP contribution in [0.1, 0.15) is 23.2 Å². The van der Waals surface area contributed by atoms with Crippen LogP contribution < -0.4 is 11.1 Å². The Morgan fingerprint density at radius 2 is 2.04 bits per heavy atom. The van der Waals surface area contributed by atoms with Crippen LogP contribution in [0.3, 0.4) is 0 Å². The molecule has 0 radical (unpaired) electrons. The summed E-state index contributed by atoms with van der Waals surface area (Å²) in [5.74, 6) is -0.277. The number of benzene rings is 1. The molecule has 0 bridgehead atoms. The molecule has 1 aliphatic heterocycles. The lowest BCUT2D eigenvalue weighted by molar-refractivity contribution is -0.126. The van der Waals surface area contributed by atoms with Gasteiger partial charge in [0.1, 0.15) is 6.33 Å². The van der Waals surface area contributed by atoms with Gasteiger partial charge < -0.3 is 16.0 Å². The van der Waals surface area contributed by atoms with Crippen molar-refractivity contribution in [1.29, 1.82) is 0 Å². The molecule has 1 aromatic heterocycles. The van der Waals surface area contributed by atoms with E-state index >= 15 is 0 Å². The van der Waals surface area contributed by atoms with E-state index in [1.807, 2.05) is 0 Å². The van der Waals surface area contributed by atoms with Gasteiger partial charge in [-0.1, -0.05) is 0 Å². The molecule has 0 aliphatic carbocycles. The fourth-order valence-electron chi connectivity index (χ4n) is 2.93. The number of halogens is 1. The Morgan fingerprint density at radius 3 is 2.69 bits per heavy atom. The molecule has 26 heavy (non-hydrogen) atoms. The van der Waals surface area contributed by atoms with Gasteiger partial charge in [0.15, 0.2) is 0 Å². The first-order valence-electron chi connectivity index (χ1n) is 8.29. The molecule has 3 rings (SSSR count). The molecular formula is C16H22ClN7O2. The second-order valence-corrected chi connectivity index (χ2v) is 5.97. The number of piperidine rings is 1. The zero-order valence-corrected chi connectivity index (χ0v) is 15.1. The Kier molecular flexibility index (Phi) is 7.05. The van der Waals surface area contributed by atoms with Crippen molar-refractivity contribution in [2.75, 3.05) is 26.2 Å². The smallest absolute Gasteiger partial charge is 0.253 e. The maximum Gasteiger partial charge on any atom is 0.253 e. The SMILES string of the molecule is Cl.NCCNC(=O)C1CCCN(C(=O)c2ccc(-n3cnnn3)cc2)C1. The van der Waals surface area contributed by atoms with Crippen LogP contribution in [0.4, 0.5) is 0 Å². The van der Waals surface area contributed by atoms with Crippen LogP contribution in [0.15, 0.2) is 30.6 Å². The molecule has 0 saturated carbocycles. The fourth-order valence-corrected chi connectivity index (χ4v) is 2.93. The van der Waals surface area contributed by atoms with Crippen molar-refractivity contribution in [2.45, 2.75) is 12.8 Å². The maximum absolute atomic E-state index is 12.7. The first-order chi connectivity index (χ1) is 12.2. The molecule has 10 heteroatoms. The summed E-state index contributed by atoms with van der Waals surface area (Å²) in [5.41, 5.74) is 6.77. The average Bonchev–Trinajstić information content (AvgIpc) is 3.20. The quantitative estimate of drug-likeness (QED) is 0.755. The number of tetrazole rings is 1. The van der Waals surface area contributed by atoms with Gasteiger partial charge in [-0.3, -0.25) is 9.59 Å². The van der Waals surface area contributed by atoms with Crippen molar-refractivity contribution in [3.63, 3.8) is 0 Å². The van der Waals surface area contributed by atoms with Crippen molar-refractivity contribution < 1.29 is 9.59 Å². The number of rotatable bonds is 5. The molecular weight excluding hydrogens is 358 g/mol. The van der Waals surface area contributed by atoms with E-state index in [4.69, 9.17) is 5.73 Å². The Hall–Kier alpha value is -2.52. The third kappa shape index (κ3) is 4.55. The number of aromatic nitrogens is 4. The Labute approximate surface area is 157 Å². The van der Waals surface area contributed by atoms with Gasteiger partial charge >= 0.3 is 0 Å². The number of nitrogens with one attached hydrogen (secondary N) is 1. The van der Waals surface area contributed by atoms with E-state index < -0.39 is 0 Å². The van der Waals surface area contributed by atoms with E-state index in [9.17, 15) is 9.59 Å². The van der Waals surface area contributed by atoms with E-state index in [2.05, 4.69) is 20.8 Å². The highest BCUT2D eigenvalue weighted by atomic mass is 35.5. The van der Waals surface area contributed by atoms with Gasteiger partial charge in [0.2, 0.25) is 5.91 Å². The minimum Gasteiger partial charge on any atom is -0.355 e. The summed E-state index contributed by atoms with van der Waals surface area (Å²) in [4.78, 5) is 26.6. The topological polar surface area (TPSA) is 119 Å². The number of hydrogen-bond acceptors (Lipinski definition) is 6. The second kappa shape index (κ2) is 9.25. The van der Waals surface area contributed by atoms with Crippen LogP contribution in [-0.2, 0) is 4.79 Å². The Balaban J connectivity index is 0.00000243. The first kappa shape index (κ1) is 19.8. The average molecular weight is 380 g/mol. The van der Waals surface area contributed by atoms with Gasteiger partial charge in [0, 0.05) is 31.7 Å². The number of nitrogens with zero attached hydrogens (tertiary/aromatic N) is 5. The van der Waals surface area contributed by atoms with Crippen LogP contribution in [-0.4, -0.2) is 63.1 Å². The molecule has 3 N–H and O–H groups in total.